The maximum atomic E-state index is 11.8. The molecule has 1 heterocycles. The Labute approximate surface area is 129 Å². The molecule has 5 nitrogen and oxygen atoms in total. The zero-order valence-corrected chi connectivity index (χ0v) is 13.6. The standard InChI is InChI=1S/C14H20N2O3S2/c1-10-2-4-11(5-3-10)8-13(17)16-9-12-6-7-14(20-12)21(15,18)19/h6-8,10H,2-5,9H2,1H3,(H,16,17)(H2,15,18,19). The number of carbonyl (C=O) groups is 1. The number of nitrogens with one attached hydrogen (secondary N) is 1. The number of rotatable bonds is 4. The lowest BCUT2D eigenvalue weighted by molar-refractivity contribution is -0.116. The maximum absolute atomic E-state index is 11.8. The average Bonchev–Trinajstić information content (AvgIpc) is 2.88. The van der Waals surface area contributed by atoms with Crippen LogP contribution in [0.1, 0.15) is 37.5 Å². The van der Waals surface area contributed by atoms with Gasteiger partial charge in [0, 0.05) is 11.0 Å². The van der Waals surface area contributed by atoms with Crippen LogP contribution in [0.4, 0.5) is 0 Å². The number of sulfonamides is 1. The van der Waals surface area contributed by atoms with Crippen LogP contribution in [-0.4, -0.2) is 14.3 Å². The van der Waals surface area contributed by atoms with Crippen LogP contribution < -0.4 is 10.5 Å². The van der Waals surface area contributed by atoms with Gasteiger partial charge in [0.2, 0.25) is 15.9 Å². The molecular formula is C14H20N2O3S2. The molecule has 1 fully saturated rings. The molecule has 1 amide bonds. The van der Waals surface area contributed by atoms with E-state index in [1.165, 1.54) is 11.6 Å². The van der Waals surface area contributed by atoms with Crippen LogP contribution in [0.15, 0.2) is 28.0 Å². The molecule has 0 aromatic carbocycles. The van der Waals surface area contributed by atoms with Crippen LogP contribution >= 0.6 is 11.3 Å². The zero-order chi connectivity index (χ0) is 15.5. The summed E-state index contributed by atoms with van der Waals surface area (Å²) in [7, 11) is -3.65. The topological polar surface area (TPSA) is 89.3 Å². The summed E-state index contributed by atoms with van der Waals surface area (Å²) in [4.78, 5) is 12.6. The molecule has 1 aliphatic rings. The van der Waals surface area contributed by atoms with E-state index in [1.807, 2.05) is 0 Å². The molecule has 21 heavy (non-hydrogen) atoms. The van der Waals surface area contributed by atoms with E-state index in [9.17, 15) is 13.2 Å². The lowest BCUT2D eigenvalue weighted by Crippen LogP contribution is -2.20. The molecule has 0 atom stereocenters. The van der Waals surface area contributed by atoms with Crippen LogP contribution in [0, 0.1) is 5.92 Å². The van der Waals surface area contributed by atoms with Crippen LogP contribution in [-0.2, 0) is 21.4 Å². The van der Waals surface area contributed by atoms with Gasteiger partial charge in [0.25, 0.3) is 0 Å². The normalized spacial score (nSPS) is 19.3. The van der Waals surface area contributed by atoms with E-state index in [4.69, 9.17) is 5.14 Å². The van der Waals surface area contributed by atoms with Gasteiger partial charge < -0.3 is 5.32 Å². The van der Waals surface area contributed by atoms with Crippen LogP contribution in [0.3, 0.4) is 0 Å². The number of amides is 1. The van der Waals surface area contributed by atoms with Gasteiger partial charge in [-0.15, -0.1) is 11.3 Å². The maximum Gasteiger partial charge on any atom is 0.247 e. The van der Waals surface area contributed by atoms with Crippen LogP contribution in [0.25, 0.3) is 0 Å². The SMILES string of the molecule is CC1CCC(=CC(=O)NCc2ccc(S(N)(=O)=O)s2)CC1. The van der Waals surface area contributed by atoms with Crippen molar-refractivity contribution in [3.8, 4) is 0 Å². The van der Waals surface area contributed by atoms with Crippen molar-refractivity contribution >= 4 is 27.3 Å². The monoisotopic (exact) mass is 328 g/mol. The number of hydrogen-bond donors (Lipinski definition) is 2. The third-order valence-corrected chi connectivity index (χ3v) is 6.13. The molecule has 1 aromatic rings. The predicted molar refractivity (Wildman–Crippen MR) is 83.3 cm³/mol. The number of nitrogens with two attached hydrogens (primary N) is 1. The van der Waals surface area contributed by atoms with Crippen molar-refractivity contribution in [1.82, 2.24) is 5.32 Å². The Morgan fingerprint density at radius 1 is 1.43 bits per heavy atom. The molecule has 1 aliphatic carbocycles. The Morgan fingerprint density at radius 2 is 2.10 bits per heavy atom. The largest absolute Gasteiger partial charge is 0.348 e. The summed E-state index contributed by atoms with van der Waals surface area (Å²) in [6.07, 6.45) is 5.94. The molecule has 1 saturated carbocycles. The molecule has 0 spiro atoms. The minimum Gasteiger partial charge on any atom is -0.348 e. The molecule has 0 unspecified atom stereocenters. The lowest BCUT2D eigenvalue weighted by Gasteiger charge is -2.19. The third-order valence-electron chi connectivity index (χ3n) is 3.61. The molecule has 116 valence electrons. The molecule has 1 aromatic heterocycles. The zero-order valence-electron chi connectivity index (χ0n) is 12.0. The average molecular weight is 328 g/mol. The third kappa shape index (κ3) is 4.94. The molecule has 3 N–H and O–H groups in total. The number of primary sulfonamides is 1. The molecule has 2 rings (SSSR count). The first kappa shape index (κ1) is 16.2. The Kier molecular flexibility index (Phi) is 5.18. The molecule has 0 aliphatic heterocycles. The van der Waals surface area contributed by atoms with Crippen molar-refractivity contribution in [1.29, 1.82) is 0 Å². The van der Waals surface area contributed by atoms with E-state index >= 15 is 0 Å². The second kappa shape index (κ2) is 6.72. The Bertz CT molecular complexity index is 637. The first-order chi connectivity index (χ1) is 9.84. The van der Waals surface area contributed by atoms with E-state index in [0.717, 1.165) is 47.8 Å². The van der Waals surface area contributed by atoms with Gasteiger partial charge in [0.1, 0.15) is 4.21 Å². The summed E-state index contributed by atoms with van der Waals surface area (Å²) in [5.74, 6) is 0.623. The minimum atomic E-state index is -3.65. The highest BCUT2D eigenvalue weighted by molar-refractivity contribution is 7.91. The summed E-state index contributed by atoms with van der Waals surface area (Å²) in [5, 5.41) is 7.83. The van der Waals surface area contributed by atoms with Gasteiger partial charge in [-0.1, -0.05) is 12.5 Å². The van der Waals surface area contributed by atoms with Gasteiger partial charge in [-0.3, -0.25) is 4.79 Å². The van der Waals surface area contributed by atoms with Crippen LogP contribution in [0.2, 0.25) is 0 Å². The van der Waals surface area contributed by atoms with Crippen molar-refractivity contribution in [2.75, 3.05) is 0 Å². The van der Waals surface area contributed by atoms with Gasteiger partial charge >= 0.3 is 0 Å². The van der Waals surface area contributed by atoms with Gasteiger partial charge in [-0.2, -0.15) is 0 Å². The Morgan fingerprint density at radius 3 is 2.67 bits per heavy atom. The van der Waals surface area contributed by atoms with Crippen LogP contribution in [0.5, 0.6) is 0 Å². The van der Waals surface area contributed by atoms with E-state index in [1.54, 1.807) is 12.1 Å². The first-order valence-electron chi connectivity index (χ1n) is 6.93. The molecule has 7 heteroatoms. The summed E-state index contributed by atoms with van der Waals surface area (Å²) in [5.41, 5.74) is 1.20. The van der Waals surface area contributed by atoms with Gasteiger partial charge in [0.05, 0.1) is 6.54 Å². The van der Waals surface area contributed by atoms with Crippen molar-refractivity contribution in [2.45, 2.75) is 43.4 Å². The summed E-state index contributed by atoms with van der Waals surface area (Å²) >= 11 is 1.08. The van der Waals surface area contributed by atoms with Gasteiger partial charge in [-0.25, -0.2) is 13.6 Å². The smallest absolute Gasteiger partial charge is 0.247 e. The second-order valence-electron chi connectivity index (χ2n) is 5.47. The van der Waals surface area contributed by atoms with Crippen molar-refractivity contribution < 1.29 is 13.2 Å². The highest BCUT2D eigenvalue weighted by Gasteiger charge is 2.14. The summed E-state index contributed by atoms with van der Waals surface area (Å²) in [6.45, 7) is 2.55. The number of allylic oxidation sites excluding steroid dienone is 1. The fourth-order valence-electron chi connectivity index (χ4n) is 2.29. The van der Waals surface area contributed by atoms with Crippen molar-refractivity contribution in [2.24, 2.45) is 11.1 Å². The van der Waals surface area contributed by atoms with E-state index < -0.39 is 10.0 Å². The van der Waals surface area contributed by atoms with E-state index in [2.05, 4.69) is 12.2 Å². The van der Waals surface area contributed by atoms with E-state index in [0.29, 0.717) is 6.54 Å². The Balaban J connectivity index is 1.87. The van der Waals surface area contributed by atoms with Gasteiger partial charge in [0.15, 0.2) is 0 Å². The highest BCUT2D eigenvalue weighted by atomic mass is 32.2. The summed E-state index contributed by atoms with van der Waals surface area (Å²) < 4.78 is 22.4. The fourth-order valence-corrected chi connectivity index (χ4v) is 4.01. The first-order valence-corrected chi connectivity index (χ1v) is 9.29. The molecule has 0 bridgehead atoms. The number of hydrogen-bond acceptors (Lipinski definition) is 4. The Hall–Kier alpha value is -1.18. The van der Waals surface area contributed by atoms with Crippen molar-refractivity contribution in [3.63, 3.8) is 0 Å². The second-order valence-corrected chi connectivity index (χ2v) is 8.43. The highest BCUT2D eigenvalue weighted by Crippen LogP contribution is 2.27. The predicted octanol–water partition coefficient (Wildman–Crippen LogP) is 2.15. The fraction of sp³-hybridized carbons (Fsp3) is 0.500. The van der Waals surface area contributed by atoms with Crippen molar-refractivity contribution in [3.05, 3.63) is 28.7 Å². The molecular weight excluding hydrogens is 308 g/mol. The van der Waals surface area contributed by atoms with Gasteiger partial charge in [-0.05, 0) is 43.7 Å². The van der Waals surface area contributed by atoms with E-state index in [-0.39, 0.29) is 10.1 Å². The number of thiophene rings is 1. The summed E-state index contributed by atoms with van der Waals surface area (Å²) in [6, 6.07) is 3.13. The molecule has 0 saturated heterocycles. The molecule has 0 radical (unpaired) electrons. The minimum absolute atomic E-state index is 0.117. The lowest BCUT2D eigenvalue weighted by atomic mass is 9.87. The number of carbonyl (C=O) groups excluding carboxylic acids is 1. The quantitative estimate of drug-likeness (QED) is 0.830.